The van der Waals surface area contributed by atoms with Crippen LogP contribution in [0.5, 0.6) is 0 Å². The Balaban J connectivity index is 1.78. The molecule has 0 bridgehead atoms. The zero-order valence-electron chi connectivity index (χ0n) is 17.1. The summed E-state index contributed by atoms with van der Waals surface area (Å²) in [5.74, 6) is -2.16. The number of carbonyl (C=O) groups excluding carboxylic acids is 2. The van der Waals surface area contributed by atoms with Crippen LogP contribution in [0, 0.1) is 5.82 Å². The zero-order valence-corrected chi connectivity index (χ0v) is 17.9. The van der Waals surface area contributed by atoms with Crippen LogP contribution in [-0.2, 0) is 17.4 Å². The van der Waals surface area contributed by atoms with Gasteiger partial charge in [0.25, 0.3) is 5.91 Å². The summed E-state index contributed by atoms with van der Waals surface area (Å²) in [5.41, 5.74) is -1.62. The van der Waals surface area contributed by atoms with Crippen LogP contribution in [-0.4, -0.2) is 16.8 Å². The van der Waals surface area contributed by atoms with Crippen LogP contribution in [0.25, 0.3) is 0 Å². The Morgan fingerprint density at radius 1 is 1.09 bits per heavy atom. The monoisotopic (exact) mass is 465 g/mol. The number of thiazole rings is 1. The normalized spacial score (nSPS) is 11.5. The van der Waals surface area contributed by atoms with Crippen molar-refractivity contribution in [1.82, 2.24) is 4.98 Å². The summed E-state index contributed by atoms with van der Waals surface area (Å²) >= 11 is 1.38. The van der Waals surface area contributed by atoms with Crippen molar-refractivity contribution in [1.29, 1.82) is 0 Å². The van der Waals surface area contributed by atoms with Gasteiger partial charge in [0, 0.05) is 17.0 Å². The molecule has 0 unspecified atom stereocenters. The van der Waals surface area contributed by atoms with Gasteiger partial charge in [0.05, 0.1) is 33.9 Å². The average molecular weight is 465 g/mol. The number of alkyl halides is 3. The second kappa shape index (κ2) is 9.47. The van der Waals surface area contributed by atoms with E-state index in [9.17, 15) is 27.2 Å². The summed E-state index contributed by atoms with van der Waals surface area (Å²) in [7, 11) is 0. The summed E-state index contributed by atoms with van der Waals surface area (Å²) < 4.78 is 54.5. The van der Waals surface area contributed by atoms with Crippen LogP contribution in [0.4, 0.5) is 28.9 Å². The summed E-state index contributed by atoms with van der Waals surface area (Å²) in [6.45, 7) is 3.90. The SMILES string of the molecule is CC(C)c1nc(CC(=O)Nc2ccc(NC(=O)c3ccccc3F)cc2C(F)(F)F)cs1. The van der Waals surface area contributed by atoms with E-state index in [0.29, 0.717) is 11.8 Å². The maximum absolute atomic E-state index is 13.8. The van der Waals surface area contributed by atoms with Crippen molar-refractivity contribution in [2.45, 2.75) is 32.4 Å². The van der Waals surface area contributed by atoms with Crippen molar-refractivity contribution in [2.75, 3.05) is 10.6 Å². The second-order valence-corrected chi connectivity index (χ2v) is 8.14. The van der Waals surface area contributed by atoms with Crippen LogP contribution in [0.15, 0.2) is 47.8 Å². The average Bonchev–Trinajstić information content (AvgIpc) is 3.17. The quantitative estimate of drug-likeness (QED) is 0.448. The number of hydrogen-bond donors (Lipinski definition) is 2. The highest BCUT2D eigenvalue weighted by molar-refractivity contribution is 7.09. The van der Waals surface area contributed by atoms with Crippen LogP contribution in [0.3, 0.4) is 0 Å². The molecular formula is C22H19F4N3O2S. The van der Waals surface area contributed by atoms with Crippen molar-refractivity contribution >= 4 is 34.5 Å². The molecule has 0 radical (unpaired) electrons. The summed E-state index contributed by atoms with van der Waals surface area (Å²) in [5, 5.41) is 7.03. The molecule has 1 aromatic heterocycles. The largest absolute Gasteiger partial charge is 0.418 e. The summed E-state index contributed by atoms with van der Waals surface area (Å²) in [6.07, 6.45) is -4.97. The zero-order chi connectivity index (χ0) is 23.5. The minimum atomic E-state index is -4.80. The maximum Gasteiger partial charge on any atom is 0.418 e. The van der Waals surface area contributed by atoms with E-state index in [1.54, 1.807) is 5.38 Å². The molecule has 10 heteroatoms. The fourth-order valence-corrected chi connectivity index (χ4v) is 3.67. The first-order valence-electron chi connectivity index (χ1n) is 9.56. The van der Waals surface area contributed by atoms with Gasteiger partial charge in [0.2, 0.25) is 5.91 Å². The van der Waals surface area contributed by atoms with Gasteiger partial charge in [-0.05, 0) is 30.3 Å². The molecule has 168 valence electrons. The first kappa shape index (κ1) is 23.4. The smallest absolute Gasteiger partial charge is 0.325 e. The molecule has 3 aromatic rings. The van der Waals surface area contributed by atoms with Gasteiger partial charge in [-0.3, -0.25) is 9.59 Å². The number of aromatic nitrogens is 1. The lowest BCUT2D eigenvalue weighted by Crippen LogP contribution is -2.19. The number of hydrogen-bond acceptors (Lipinski definition) is 4. The van der Waals surface area contributed by atoms with Crippen LogP contribution < -0.4 is 10.6 Å². The molecule has 0 aliphatic rings. The lowest BCUT2D eigenvalue weighted by Gasteiger charge is -2.16. The number of nitrogens with zero attached hydrogens (tertiary/aromatic N) is 1. The molecule has 0 fully saturated rings. The molecule has 0 saturated heterocycles. The third-order valence-corrected chi connectivity index (χ3v) is 5.57. The first-order chi connectivity index (χ1) is 15.0. The highest BCUT2D eigenvalue weighted by Gasteiger charge is 2.34. The predicted octanol–water partition coefficient (Wildman–Crippen LogP) is 5.86. The third kappa shape index (κ3) is 5.70. The fourth-order valence-electron chi connectivity index (χ4n) is 2.84. The second-order valence-electron chi connectivity index (χ2n) is 7.25. The Bertz CT molecular complexity index is 1140. The number of carbonyl (C=O) groups is 2. The van der Waals surface area contributed by atoms with E-state index in [1.807, 2.05) is 13.8 Å². The van der Waals surface area contributed by atoms with Crippen LogP contribution in [0.1, 0.15) is 46.4 Å². The number of halogens is 4. The van der Waals surface area contributed by atoms with Gasteiger partial charge in [0.1, 0.15) is 5.82 Å². The van der Waals surface area contributed by atoms with Gasteiger partial charge in [0.15, 0.2) is 0 Å². The van der Waals surface area contributed by atoms with E-state index in [-0.39, 0.29) is 23.6 Å². The van der Waals surface area contributed by atoms with E-state index in [1.165, 1.54) is 35.6 Å². The molecule has 0 aliphatic heterocycles. The van der Waals surface area contributed by atoms with Gasteiger partial charge >= 0.3 is 6.18 Å². The van der Waals surface area contributed by atoms with E-state index in [4.69, 9.17) is 0 Å². The number of rotatable bonds is 6. The minimum Gasteiger partial charge on any atom is -0.325 e. The molecule has 5 nitrogen and oxygen atoms in total. The lowest BCUT2D eigenvalue weighted by atomic mass is 10.1. The Kier molecular flexibility index (Phi) is 6.93. The van der Waals surface area contributed by atoms with E-state index >= 15 is 0 Å². The number of benzene rings is 2. The summed E-state index contributed by atoms with van der Waals surface area (Å²) in [4.78, 5) is 28.8. The van der Waals surface area contributed by atoms with Crippen molar-refractivity contribution in [3.05, 3.63) is 75.5 Å². The fraction of sp³-hybridized carbons (Fsp3) is 0.227. The lowest BCUT2D eigenvalue weighted by molar-refractivity contribution is -0.136. The van der Waals surface area contributed by atoms with Crippen molar-refractivity contribution in [2.24, 2.45) is 0 Å². The Morgan fingerprint density at radius 3 is 2.44 bits per heavy atom. The molecule has 0 spiro atoms. The van der Waals surface area contributed by atoms with Gasteiger partial charge in [-0.1, -0.05) is 26.0 Å². The third-order valence-electron chi connectivity index (χ3n) is 4.38. The number of amides is 2. The summed E-state index contributed by atoms with van der Waals surface area (Å²) in [6, 6.07) is 8.04. The number of anilines is 2. The predicted molar refractivity (Wildman–Crippen MR) is 114 cm³/mol. The van der Waals surface area contributed by atoms with Gasteiger partial charge < -0.3 is 10.6 Å². The Morgan fingerprint density at radius 2 is 1.81 bits per heavy atom. The van der Waals surface area contributed by atoms with Crippen LogP contribution >= 0.6 is 11.3 Å². The van der Waals surface area contributed by atoms with Gasteiger partial charge in [-0.2, -0.15) is 13.2 Å². The van der Waals surface area contributed by atoms with Crippen molar-refractivity contribution in [3.63, 3.8) is 0 Å². The number of nitrogens with one attached hydrogen (secondary N) is 2. The first-order valence-corrected chi connectivity index (χ1v) is 10.4. The molecule has 32 heavy (non-hydrogen) atoms. The maximum atomic E-state index is 13.8. The van der Waals surface area contributed by atoms with Crippen molar-refractivity contribution in [3.8, 4) is 0 Å². The molecule has 2 aromatic carbocycles. The van der Waals surface area contributed by atoms with E-state index in [0.717, 1.165) is 17.1 Å². The highest BCUT2D eigenvalue weighted by atomic mass is 32.1. The van der Waals surface area contributed by atoms with E-state index in [2.05, 4.69) is 15.6 Å². The minimum absolute atomic E-state index is 0.174. The topological polar surface area (TPSA) is 71.1 Å². The molecule has 2 amide bonds. The molecule has 2 N–H and O–H groups in total. The van der Waals surface area contributed by atoms with Crippen LogP contribution in [0.2, 0.25) is 0 Å². The van der Waals surface area contributed by atoms with Crippen molar-refractivity contribution < 1.29 is 27.2 Å². The molecule has 3 rings (SSSR count). The standard InChI is InChI=1S/C22H19F4N3O2S/c1-12(2)21-28-14(11-32-21)10-19(30)29-18-8-7-13(9-16(18)22(24,25)26)27-20(31)15-5-3-4-6-17(15)23/h3-9,11-12H,10H2,1-2H3,(H,27,31)(H,29,30). The van der Waals surface area contributed by atoms with Gasteiger partial charge in [-0.25, -0.2) is 9.37 Å². The Labute approximate surface area is 185 Å². The van der Waals surface area contributed by atoms with E-state index < -0.39 is 35.1 Å². The highest BCUT2D eigenvalue weighted by Crippen LogP contribution is 2.37. The molecule has 0 aliphatic carbocycles. The van der Waals surface area contributed by atoms with Gasteiger partial charge in [-0.15, -0.1) is 11.3 Å². The molecule has 0 saturated carbocycles. The Hall–Kier alpha value is -3.27. The molecule has 0 atom stereocenters. The molecule has 1 heterocycles. The molecular weight excluding hydrogens is 446 g/mol.